The fraction of sp³-hybridized carbons (Fsp3) is 0.500. The van der Waals surface area contributed by atoms with Gasteiger partial charge in [-0.15, -0.1) is 12.4 Å². The molecule has 98 valence electrons. The number of rotatable bonds is 4. The van der Waals surface area contributed by atoms with E-state index in [1.165, 1.54) is 0 Å². The van der Waals surface area contributed by atoms with Crippen molar-refractivity contribution < 1.29 is 0 Å². The predicted molar refractivity (Wildman–Crippen MR) is 79.7 cm³/mol. The second kappa shape index (κ2) is 7.70. The molecular formula is C12H17Cl4N. The van der Waals surface area contributed by atoms with Crippen LogP contribution >= 0.6 is 47.2 Å². The summed E-state index contributed by atoms with van der Waals surface area (Å²) in [5.74, 6) is 0.625. The van der Waals surface area contributed by atoms with Crippen LogP contribution in [0.15, 0.2) is 12.1 Å². The van der Waals surface area contributed by atoms with Gasteiger partial charge in [0.2, 0.25) is 0 Å². The number of hydrogen-bond donors (Lipinski definition) is 1. The Morgan fingerprint density at radius 3 is 2.24 bits per heavy atom. The van der Waals surface area contributed by atoms with Crippen molar-refractivity contribution in [3.63, 3.8) is 0 Å². The Balaban J connectivity index is 0.00000256. The van der Waals surface area contributed by atoms with Gasteiger partial charge in [0, 0.05) is 11.1 Å². The molecule has 0 aromatic heterocycles. The lowest BCUT2D eigenvalue weighted by Crippen LogP contribution is -2.12. The van der Waals surface area contributed by atoms with Gasteiger partial charge in [-0.2, -0.15) is 0 Å². The van der Waals surface area contributed by atoms with Gasteiger partial charge in [-0.1, -0.05) is 48.7 Å². The molecule has 0 saturated heterocycles. The highest BCUT2D eigenvalue weighted by Gasteiger charge is 2.14. The van der Waals surface area contributed by atoms with Crippen molar-refractivity contribution in [2.45, 2.75) is 32.7 Å². The van der Waals surface area contributed by atoms with Gasteiger partial charge >= 0.3 is 0 Å². The smallest absolute Gasteiger partial charge is 0.0641 e. The van der Waals surface area contributed by atoms with E-state index in [9.17, 15) is 0 Å². The fourth-order valence-electron chi connectivity index (χ4n) is 1.51. The predicted octanol–water partition coefficient (Wildman–Crippen LogP) is 5.50. The molecule has 0 amide bonds. The molecule has 0 saturated carbocycles. The highest BCUT2D eigenvalue weighted by Crippen LogP contribution is 2.34. The van der Waals surface area contributed by atoms with Crippen LogP contribution in [-0.2, 0) is 0 Å². The first kappa shape index (κ1) is 17.3. The van der Waals surface area contributed by atoms with Gasteiger partial charge in [0.25, 0.3) is 0 Å². The number of halogens is 4. The first-order valence-corrected chi connectivity index (χ1v) is 6.45. The minimum Gasteiger partial charge on any atom is -0.324 e. The van der Waals surface area contributed by atoms with Crippen LogP contribution in [-0.4, -0.2) is 0 Å². The molecule has 5 heteroatoms. The van der Waals surface area contributed by atoms with Crippen LogP contribution < -0.4 is 5.73 Å². The van der Waals surface area contributed by atoms with Crippen molar-refractivity contribution in [3.05, 3.63) is 32.8 Å². The summed E-state index contributed by atoms with van der Waals surface area (Å²) in [6.45, 7) is 4.33. The maximum Gasteiger partial charge on any atom is 0.0641 e. The van der Waals surface area contributed by atoms with Crippen molar-refractivity contribution in [1.29, 1.82) is 0 Å². The second-order valence-corrected chi connectivity index (χ2v) is 5.59. The van der Waals surface area contributed by atoms with Crippen molar-refractivity contribution in [3.8, 4) is 0 Å². The average Bonchev–Trinajstić information content (AvgIpc) is 2.19. The van der Waals surface area contributed by atoms with Crippen molar-refractivity contribution >= 4 is 47.2 Å². The van der Waals surface area contributed by atoms with E-state index in [1.807, 2.05) is 0 Å². The van der Waals surface area contributed by atoms with Gasteiger partial charge in [-0.05, 0) is 36.5 Å². The highest BCUT2D eigenvalue weighted by atomic mass is 35.5. The minimum absolute atomic E-state index is 0. The molecule has 1 aromatic carbocycles. The summed E-state index contributed by atoms with van der Waals surface area (Å²) < 4.78 is 0. The van der Waals surface area contributed by atoms with Gasteiger partial charge < -0.3 is 5.73 Å². The monoisotopic (exact) mass is 315 g/mol. The third-order valence-corrected chi connectivity index (χ3v) is 3.51. The first-order chi connectivity index (χ1) is 7.41. The largest absolute Gasteiger partial charge is 0.324 e. The molecule has 0 aliphatic heterocycles. The van der Waals surface area contributed by atoms with Crippen LogP contribution in [0.2, 0.25) is 15.1 Å². The molecule has 17 heavy (non-hydrogen) atoms. The third kappa shape index (κ3) is 5.23. The molecule has 1 aromatic rings. The Morgan fingerprint density at radius 1 is 1.12 bits per heavy atom. The van der Waals surface area contributed by atoms with E-state index in [0.717, 1.165) is 18.4 Å². The molecule has 1 rings (SSSR count). The van der Waals surface area contributed by atoms with Crippen molar-refractivity contribution in [1.82, 2.24) is 0 Å². The Labute approximate surface area is 124 Å². The van der Waals surface area contributed by atoms with Crippen LogP contribution in [0.5, 0.6) is 0 Å². The molecule has 0 fully saturated rings. The summed E-state index contributed by atoms with van der Waals surface area (Å²) in [6.07, 6.45) is 1.94. The maximum absolute atomic E-state index is 6.10. The molecule has 0 bridgehead atoms. The lowest BCUT2D eigenvalue weighted by Gasteiger charge is -2.16. The molecule has 2 N–H and O–H groups in total. The van der Waals surface area contributed by atoms with Gasteiger partial charge in [0.15, 0.2) is 0 Å². The summed E-state index contributed by atoms with van der Waals surface area (Å²) in [6, 6.07) is 3.32. The second-order valence-electron chi connectivity index (χ2n) is 4.37. The van der Waals surface area contributed by atoms with Crippen LogP contribution in [0.1, 0.15) is 38.3 Å². The third-order valence-electron chi connectivity index (χ3n) is 2.48. The van der Waals surface area contributed by atoms with Gasteiger partial charge in [0.05, 0.1) is 10.0 Å². The van der Waals surface area contributed by atoms with E-state index in [-0.39, 0.29) is 18.4 Å². The normalized spacial score (nSPS) is 12.4. The van der Waals surface area contributed by atoms with Crippen molar-refractivity contribution in [2.24, 2.45) is 11.7 Å². The van der Waals surface area contributed by atoms with Crippen LogP contribution in [0, 0.1) is 5.92 Å². The van der Waals surface area contributed by atoms with Crippen LogP contribution in [0.3, 0.4) is 0 Å². The number of hydrogen-bond acceptors (Lipinski definition) is 1. The summed E-state index contributed by atoms with van der Waals surface area (Å²) >= 11 is 18.0. The summed E-state index contributed by atoms with van der Waals surface area (Å²) in [4.78, 5) is 0. The zero-order valence-electron chi connectivity index (χ0n) is 9.84. The average molecular weight is 317 g/mol. The van der Waals surface area contributed by atoms with Gasteiger partial charge in [0.1, 0.15) is 0 Å². The van der Waals surface area contributed by atoms with Crippen molar-refractivity contribution in [2.75, 3.05) is 0 Å². The number of nitrogens with two attached hydrogens (primary N) is 1. The highest BCUT2D eigenvalue weighted by molar-refractivity contribution is 6.43. The van der Waals surface area contributed by atoms with Gasteiger partial charge in [-0.3, -0.25) is 0 Å². The van der Waals surface area contributed by atoms with E-state index in [1.54, 1.807) is 12.1 Å². The van der Waals surface area contributed by atoms with E-state index in [4.69, 9.17) is 40.5 Å². The topological polar surface area (TPSA) is 26.0 Å². The van der Waals surface area contributed by atoms with Crippen LogP contribution in [0.4, 0.5) is 0 Å². The molecule has 0 radical (unpaired) electrons. The summed E-state index contributed by atoms with van der Waals surface area (Å²) in [7, 11) is 0. The molecule has 1 nitrogen and oxygen atoms in total. The summed E-state index contributed by atoms with van der Waals surface area (Å²) in [5.41, 5.74) is 6.91. The van der Waals surface area contributed by atoms with E-state index >= 15 is 0 Å². The molecule has 0 aliphatic carbocycles. The summed E-state index contributed by atoms with van der Waals surface area (Å²) in [5, 5.41) is 1.55. The Kier molecular flexibility index (Phi) is 7.86. The van der Waals surface area contributed by atoms with E-state index in [2.05, 4.69) is 13.8 Å². The van der Waals surface area contributed by atoms with E-state index in [0.29, 0.717) is 21.0 Å². The Hall–Kier alpha value is 0.340. The Morgan fingerprint density at radius 2 is 1.71 bits per heavy atom. The molecule has 0 spiro atoms. The Bertz CT molecular complexity index is 366. The molecule has 0 aliphatic rings. The van der Waals surface area contributed by atoms with Crippen LogP contribution in [0.25, 0.3) is 0 Å². The maximum atomic E-state index is 6.10. The lowest BCUT2D eigenvalue weighted by atomic mass is 9.98. The molecule has 1 atom stereocenters. The zero-order chi connectivity index (χ0) is 12.3. The molecular weight excluding hydrogens is 300 g/mol. The minimum atomic E-state index is -0.105. The fourth-order valence-corrected chi connectivity index (χ4v) is 2.27. The van der Waals surface area contributed by atoms with Gasteiger partial charge in [-0.25, -0.2) is 0 Å². The van der Waals surface area contributed by atoms with E-state index < -0.39 is 0 Å². The quantitative estimate of drug-likeness (QED) is 0.729. The number of benzene rings is 1. The standard InChI is InChI=1S/C12H16Cl3N.ClH/c1-7(2)3-4-11(16)9-5-8(13)6-10(14)12(9)15;/h5-7,11H,3-4,16H2,1-2H3;1H/t11-;/m1./s1. The molecule has 0 heterocycles. The lowest BCUT2D eigenvalue weighted by molar-refractivity contribution is 0.507. The molecule has 0 unspecified atom stereocenters. The SMILES string of the molecule is CC(C)CC[C@@H](N)c1cc(Cl)cc(Cl)c1Cl.Cl. The zero-order valence-corrected chi connectivity index (χ0v) is 12.9. The first-order valence-electron chi connectivity index (χ1n) is 5.31.